The van der Waals surface area contributed by atoms with Crippen molar-refractivity contribution in [2.75, 3.05) is 18.1 Å². The first-order valence-corrected chi connectivity index (χ1v) is 13.3. The van der Waals surface area contributed by atoms with Crippen molar-refractivity contribution in [3.63, 3.8) is 0 Å². The van der Waals surface area contributed by atoms with Gasteiger partial charge in [0.1, 0.15) is 12.4 Å². The second-order valence-electron chi connectivity index (χ2n) is 8.93. The van der Waals surface area contributed by atoms with Gasteiger partial charge in [0.15, 0.2) is 0 Å². The van der Waals surface area contributed by atoms with Crippen LogP contribution in [0, 0.1) is 0 Å². The van der Waals surface area contributed by atoms with Crippen LogP contribution in [0.3, 0.4) is 0 Å². The standard InChI is InChI=1S/C27H25F3N4O3S/c28-27(29,30)21-10-12-25(13-11-21)38(35,36)33-15-20-6-4-5-9-26(20)34(16-22-14-31-19-32-22)23(17-33)18-37-24-7-2-1-3-8-24/h1-14,19,23H,15-18H2,(H,31,32). The van der Waals surface area contributed by atoms with Gasteiger partial charge in [0.25, 0.3) is 0 Å². The normalized spacial score (nSPS) is 16.6. The molecule has 198 valence electrons. The van der Waals surface area contributed by atoms with Crippen LogP contribution in [0.25, 0.3) is 0 Å². The zero-order chi connectivity index (χ0) is 26.8. The Morgan fingerprint density at radius 1 is 0.974 bits per heavy atom. The van der Waals surface area contributed by atoms with Crippen molar-refractivity contribution >= 4 is 15.7 Å². The molecule has 0 amide bonds. The summed E-state index contributed by atoms with van der Waals surface area (Å²) in [6.07, 6.45) is -1.27. The Balaban J connectivity index is 1.52. The molecule has 38 heavy (non-hydrogen) atoms. The molecule has 0 saturated heterocycles. The van der Waals surface area contributed by atoms with Gasteiger partial charge in [-0.25, -0.2) is 13.4 Å². The van der Waals surface area contributed by atoms with E-state index in [0.717, 1.165) is 41.2 Å². The Hall–Kier alpha value is -3.83. The van der Waals surface area contributed by atoms with Gasteiger partial charge >= 0.3 is 6.18 Å². The number of para-hydroxylation sites is 2. The zero-order valence-corrected chi connectivity index (χ0v) is 21.0. The quantitative estimate of drug-likeness (QED) is 0.352. The molecule has 1 aliphatic rings. The number of H-pyrrole nitrogens is 1. The van der Waals surface area contributed by atoms with E-state index in [2.05, 4.69) is 14.9 Å². The average molecular weight is 543 g/mol. The van der Waals surface area contributed by atoms with Crippen LogP contribution in [0.5, 0.6) is 5.75 Å². The second-order valence-corrected chi connectivity index (χ2v) is 10.9. The first-order chi connectivity index (χ1) is 18.2. The van der Waals surface area contributed by atoms with E-state index in [1.165, 1.54) is 4.31 Å². The highest BCUT2D eigenvalue weighted by Crippen LogP contribution is 2.34. The number of hydrogen-bond donors (Lipinski definition) is 1. The third kappa shape index (κ3) is 5.53. The zero-order valence-electron chi connectivity index (χ0n) is 20.2. The molecule has 0 bridgehead atoms. The van der Waals surface area contributed by atoms with Gasteiger partial charge in [0.2, 0.25) is 10.0 Å². The maximum Gasteiger partial charge on any atom is 0.416 e. The topological polar surface area (TPSA) is 78.5 Å². The number of nitrogens with zero attached hydrogens (tertiary/aromatic N) is 3. The van der Waals surface area contributed by atoms with E-state index in [0.29, 0.717) is 12.3 Å². The molecule has 7 nitrogen and oxygen atoms in total. The largest absolute Gasteiger partial charge is 0.491 e. The van der Waals surface area contributed by atoms with Crippen LogP contribution in [0.1, 0.15) is 16.8 Å². The molecule has 2 heterocycles. The molecular formula is C27H25F3N4O3S. The fraction of sp³-hybridized carbons (Fsp3) is 0.222. The summed E-state index contributed by atoms with van der Waals surface area (Å²) in [7, 11) is -4.13. The van der Waals surface area contributed by atoms with Crippen LogP contribution >= 0.6 is 0 Å². The second kappa shape index (κ2) is 10.5. The number of aromatic amines is 1. The Morgan fingerprint density at radius 3 is 2.37 bits per heavy atom. The van der Waals surface area contributed by atoms with Crippen molar-refractivity contribution in [3.8, 4) is 5.75 Å². The molecule has 1 aromatic heterocycles. The number of fused-ring (bicyclic) bond motifs is 1. The fourth-order valence-corrected chi connectivity index (χ4v) is 5.93. The van der Waals surface area contributed by atoms with Crippen LogP contribution in [0.4, 0.5) is 18.9 Å². The number of ether oxygens (including phenoxy) is 1. The Kier molecular flexibility index (Phi) is 7.13. The summed E-state index contributed by atoms with van der Waals surface area (Å²) in [4.78, 5) is 9.08. The van der Waals surface area contributed by atoms with Crippen molar-refractivity contribution in [2.45, 2.75) is 30.2 Å². The van der Waals surface area contributed by atoms with Crippen molar-refractivity contribution < 1.29 is 26.3 Å². The van der Waals surface area contributed by atoms with Crippen LogP contribution in [0.15, 0.2) is 96.3 Å². The third-order valence-electron chi connectivity index (χ3n) is 6.40. The monoisotopic (exact) mass is 542 g/mol. The summed E-state index contributed by atoms with van der Waals surface area (Å²) in [5, 5.41) is 0. The molecule has 11 heteroatoms. The molecule has 5 rings (SSSR count). The number of benzene rings is 3. The number of sulfonamides is 1. The molecule has 0 spiro atoms. The minimum Gasteiger partial charge on any atom is -0.491 e. The Labute approximate surface area is 218 Å². The van der Waals surface area contributed by atoms with Gasteiger partial charge in [-0.05, 0) is 48.0 Å². The number of alkyl halides is 3. The van der Waals surface area contributed by atoms with Crippen LogP contribution < -0.4 is 9.64 Å². The van der Waals surface area contributed by atoms with E-state index in [9.17, 15) is 21.6 Å². The van der Waals surface area contributed by atoms with E-state index < -0.39 is 27.8 Å². The van der Waals surface area contributed by atoms with Gasteiger partial charge in [0.05, 0.1) is 35.1 Å². The number of aromatic nitrogens is 2. The van der Waals surface area contributed by atoms with E-state index in [-0.39, 0.29) is 24.6 Å². The molecule has 0 fully saturated rings. The maximum atomic E-state index is 13.7. The summed E-state index contributed by atoms with van der Waals surface area (Å²) in [6.45, 7) is 0.708. The van der Waals surface area contributed by atoms with Crippen molar-refractivity contribution in [2.24, 2.45) is 0 Å². The maximum absolute atomic E-state index is 13.7. The van der Waals surface area contributed by atoms with Crippen LogP contribution in [-0.4, -0.2) is 41.9 Å². The SMILES string of the molecule is O=S(=O)(c1ccc(C(F)(F)F)cc1)N1Cc2ccccc2N(Cc2cnc[nH]2)C(COc2ccccc2)C1. The summed E-state index contributed by atoms with van der Waals surface area (Å²) < 4.78 is 74.1. The molecule has 4 aromatic rings. The van der Waals surface area contributed by atoms with E-state index in [4.69, 9.17) is 4.74 Å². The van der Waals surface area contributed by atoms with Gasteiger partial charge in [-0.2, -0.15) is 17.5 Å². The van der Waals surface area contributed by atoms with Crippen molar-refractivity contribution in [1.29, 1.82) is 0 Å². The highest BCUT2D eigenvalue weighted by molar-refractivity contribution is 7.89. The summed E-state index contributed by atoms with van der Waals surface area (Å²) >= 11 is 0. The van der Waals surface area contributed by atoms with E-state index in [1.54, 1.807) is 12.5 Å². The molecular weight excluding hydrogens is 517 g/mol. The third-order valence-corrected chi connectivity index (χ3v) is 8.23. The molecule has 0 radical (unpaired) electrons. The van der Waals surface area contributed by atoms with Gasteiger partial charge in [0, 0.05) is 25.0 Å². The average Bonchev–Trinajstić information content (AvgIpc) is 3.37. The lowest BCUT2D eigenvalue weighted by molar-refractivity contribution is -0.137. The Bertz CT molecular complexity index is 1460. The molecule has 1 N–H and O–H groups in total. The molecule has 0 saturated carbocycles. The predicted molar refractivity (Wildman–Crippen MR) is 136 cm³/mol. The molecule has 3 aromatic carbocycles. The lowest BCUT2D eigenvalue weighted by atomic mass is 10.1. The number of hydrogen-bond acceptors (Lipinski definition) is 5. The predicted octanol–water partition coefficient (Wildman–Crippen LogP) is 5.09. The smallest absolute Gasteiger partial charge is 0.416 e. The highest BCUT2D eigenvalue weighted by Gasteiger charge is 2.36. The number of halogens is 3. The van der Waals surface area contributed by atoms with E-state index >= 15 is 0 Å². The number of anilines is 1. The van der Waals surface area contributed by atoms with Crippen LogP contribution in [0.2, 0.25) is 0 Å². The molecule has 0 aliphatic carbocycles. The number of imidazole rings is 1. The summed E-state index contributed by atoms with van der Waals surface area (Å²) in [5.41, 5.74) is 1.54. The molecule has 1 unspecified atom stereocenters. The minimum atomic E-state index is -4.56. The van der Waals surface area contributed by atoms with E-state index in [1.807, 2.05) is 54.6 Å². The summed E-state index contributed by atoms with van der Waals surface area (Å²) in [5.74, 6) is 0.642. The lowest BCUT2D eigenvalue weighted by Gasteiger charge is -2.33. The Morgan fingerprint density at radius 2 is 1.68 bits per heavy atom. The van der Waals surface area contributed by atoms with Gasteiger partial charge in [-0.3, -0.25) is 0 Å². The highest BCUT2D eigenvalue weighted by atomic mass is 32.2. The molecule has 1 atom stereocenters. The van der Waals surface area contributed by atoms with Gasteiger partial charge in [-0.15, -0.1) is 0 Å². The van der Waals surface area contributed by atoms with Gasteiger partial charge in [-0.1, -0.05) is 36.4 Å². The fourth-order valence-electron chi connectivity index (χ4n) is 4.48. The van der Waals surface area contributed by atoms with Gasteiger partial charge < -0.3 is 14.6 Å². The minimum absolute atomic E-state index is 0.0546. The first-order valence-electron chi connectivity index (χ1n) is 11.9. The first kappa shape index (κ1) is 25.8. The van der Waals surface area contributed by atoms with Crippen molar-refractivity contribution in [3.05, 3.63) is 108 Å². The number of nitrogens with one attached hydrogen (secondary N) is 1. The molecule has 1 aliphatic heterocycles. The van der Waals surface area contributed by atoms with Crippen molar-refractivity contribution in [1.82, 2.24) is 14.3 Å². The van der Waals surface area contributed by atoms with Crippen LogP contribution in [-0.2, 0) is 29.3 Å². The lowest BCUT2D eigenvalue weighted by Crippen LogP contribution is -2.46. The summed E-state index contributed by atoms with van der Waals surface area (Å²) in [6, 6.07) is 19.9. The number of rotatable bonds is 7.